The molecule has 2 fully saturated rings. The van der Waals surface area contributed by atoms with Crippen molar-refractivity contribution in [2.75, 3.05) is 26.7 Å². The van der Waals surface area contributed by atoms with Crippen LogP contribution in [-0.4, -0.2) is 37.5 Å². The van der Waals surface area contributed by atoms with Gasteiger partial charge in [0, 0.05) is 26.7 Å². The summed E-state index contributed by atoms with van der Waals surface area (Å²) >= 11 is 0. The van der Waals surface area contributed by atoms with Gasteiger partial charge in [0.05, 0.1) is 0 Å². The van der Waals surface area contributed by atoms with Crippen molar-refractivity contribution < 1.29 is 4.39 Å². The first-order chi connectivity index (χ1) is 10.8. The van der Waals surface area contributed by atoms with Crippen LogP contribution in [0.2, 0.25) is 0 Å². The molecule has 3 nitrogen and oxygen atoms in total. The first kappa shape index (κ1) is 15.3. The van der Waals surface area contributed by atoms with Crippen LogP contribution in [-0.2, 0) is 6.42 Å². The number of hydrogen-bond donors (Lipinski definition) is 1. The zero-order valence-corrected chi connectivity index (χ0v) is 13.4. The summed E-state index contributed by atoms with van der Waals surface area (Å²) in [7, 11) is 1.84. The van der Waals surface area contributed by atoms with Gasteiger partial charge in [0.2, 0.25) is 0 Å². The highest BCUT2D eigenvalue weighted by Crippen LogP contribution is 2.35. The number of benzene rings is 1. The summed E-state index contributed by atoms with van der Waals surface area (Å²) in [4.78, 5) is 6.81. The van der Waals surface area contributed by atoms with Gasteiger partial charge in [0.25, 0.3) is 0 Å². The minimum atomic E-state index is -0.119. The smallest absolute Gasteiger partial charge is 0.193 e. The number of nitrogens with zero attached hydrogens (tertiary/aromatic N) is 2. The SMILES string of the molecule is CN=C(NCCc1ccccc1F)N1CC2CCCCC2C1. The molecule has 0 radical (unpaired) electrons. The lowest BCUT2D eigenvalue weighted by Gasteiger charge is -2.22. The number of halogens is 1. The summed E-state index contributed by atoms with van der Waals surface area (Å²) in [6.45, 7) is 2.98. The van der Waals surface area contributed by atoms with Gasteiger partial charge in [-0.2, -0.15) is 0 Å². The van der Waals surface area contributed by atoms with E-state index in [9.17, 15) is 4.39 Å². The van der Waals surface area contributed by atoms with Crippen molar-refractivity contribution in [2.45, 2.75) is 32.1 Å². The molecule has 120 valence electrons. The predicted molar refractivity (Wildman–Crippen MR) is 88.5 cm³/mol. The molecule has 1 N–H and O–H groups in total. The zero-order chi connectivity index (χ0) is 15.4. The van der Waals surface area contributed by atoms with Gasteiger partial charge in [-0.05, 0) is 42.7 Å². The zero-order valence-electron chi connectivity index (χ0n) is 13.4. The van der Waals surface area contributed by atoms with Gasteiger partial charge in [-0.1, -0.05) is 31.0 Å². The Labute approximate surface area is 132 Å². The largest absolute Gasteiger partial charge is 0.356 e. The van der Waals surface area contributed by atoms with E-state index in [1.165, 1.54) is 31.7 Å². The van der Waals surface area contributed by atoms with E-state index in [0.29, 0.717) is 6.42 Å². The minimum absolute atomic E-state index is 0.119. The second kappa shape index (κ2) is 7.12. The summed E-state index contributed by atoms with van der Waals surface area (Å²) in [6, 6.07) is 7.00. The molecule has 2 aliphatic rings. The maximum absolute atomic E-state index is 13.6. The highest BCUT2D eigenvalue weighted by atomic mass is 19.1. The monoisotopic (exact) mass is 303 g/mol. The molecular formula is C18H26FN3. The molecule has 1 aliphatic carbocycles. The Balaban J connectivity index is 1.51. The average Bonchev–Trinajstić information content (AvgIpc) is 2.97. The Hall–Kier alpha value is -1.58. The number of aliphatic imine (C=N–C) groups is 1. The fraction of sp³-hybridized carbons (Fsp3) is 0.611. The van der Waals surface area contributed by atoms with E-state index in [1.54, 1.807) is 6.07 Å². The van der Waals surface area contributed by atoms with Crippen LogP contribution in [0, 0.1) is 17.7 Å². The van der Waals surface area contributed by atoms with Crippen LogP contribution in [0.3, 0.4) is 0 Å². The van der Waals surface area contributed by atoms with Crippen LogP contribution >= 0.6 is 0 Å². The Morgan fingerprint density at radius 2 is 1.91 bits per heavy atom. The second-order valence-electron chi connectivity index (χ2n) is 6.52. The summed E-state index contributed by atoms with van der Waals surface area (Å²) < 4.78 is 13.6. The molecule has 4 heteroatoms. The third-order valence-electron chi connectivity index (χ3n) is 5.12. The van der Waals surface area contributed by atoms with E-state index in [-0.39, 0.29) is 5.82 Å². The lowest BCUT2D eigenvalue weighted by molar-refractivity contribution is 0.299. The Kier molecular flexibility index (Phi) is 4.96. The maximum atomic E-state index is 13.6. The first-order valence-corrected chi connectivity index (χ1v) is 8.47. The van der Waals surface area contributed by atoms with Gasteiger partial charge < -0.3 is 10.2 Å². The molecule has 0 amide bonds. The van der Waals surface area contributed by atoms with Crippen LogP contribution in [0.1, 0.15) is 31.2 Å². The highest BCUT2D eigenvalue weighted by Gasteiger charge is 2.35. The number of hydrogen-bond acceptors (Lipinski definition) is 1. The third kappa shape index (κ3) is 3.42. The normalized spacial score (nSPS) is 25.2. The molecule has 0 bridgehead atoms. The van der Waals surface area contributed by atoms with E-state index >= 15 is 0 Å². The lowest BCUT2D eigenvalue weighted by atomic mass is 9.82. The molecule has 22 heavy (non-hydrogen) atoms. The Morgan fingerprint density at radius 1 is 1.23 bits per heavy atom. The van der Waals surface area contributed by atoms with Crippen molar-refractivity contribution in [3.63, 3.8) is 0 Å². The molecule has 3 rings (SSSR count). The molecule has 0 aromatic heterocycles. The molecule has 2 unspecified atom stereocenters. The Bertz CT molecular complexity index is 515. The van der Waals surface area contributed by atoms with Crippen molar-refractivity contribution in [3.05, 3.63) is 35.6 Å². The highest BCUT2D eigenvalue weighted by molar-refractivity contribution is 5.80. The average molecular weight is 303 g/mol. The predicted octanol–water partition coefficient (Wildman–Crippen LogP) is 3.07. The number of nitrogens with one attached hydrogen (secondary N) is 1. The molecule has 1 aliphatic heterocycles. The van der Waals surface area contributed by atoms with E-state index in [2.05, 4.69) is 15.2 Å². The summed E-state index contributed by atoms with van der Waals surface area (Å²) in [6.07, 6.45) is 6.19. The van der Waals surface area contributed by atoms with Crippen LogP contribution in [0.4, 0.5) is 4.39 Å². The standard InChI is InChI=1S/C18H26FN3/c1-20-18(21-11-10-14-6-4-5-9-17(14)19)22-12-15-7-2-3-8-16(15)13-22/h4-6,9,15-16H,2-3,7-8,10-13H2,1H3,(H,20,21). The third-order valence-corrected chi connectivity index (χ3v) is 5.12. The van der Waals surface area contributed by atoms with Gasteiger partial charge in [0.15, 0.2) is 5.96 Å². The molecule has 1 heterocycles. The molecule has 1 aromatic rings. The van der Waals surface area contributed by atoms with Crippen molar-refractivity contribution >= 4 is 5.96 Å². The molecular weight excluding hydrogens is 277 g/mol. The van der Waals surface area contributed by atoms with E-state index in [0.717, 1.165) is 43.0 Å². The fourth-order valence-corrected chi connectivity index (χ4v) is 3.92. The van der Waals surface area contributed by atoms with E-state index in [1.807, 2.05) is 19.2 Å². The number of fused-ring (bicyclic) bond motifs is 1. The van der Waals surface area contributed by atoms with E-state index < -0.39 is 0 Å². The maximum Gasteiger partial charge on any atom is 0.193 e. The second-order valence-corrected chi connectivity index (χ2v) is 6.52. The fourth-order valence-electron chi connectivity index (χ4n) is 3.92. The first-order valence-electron chi connectivity index (χ1n) is 8.47. The van der Waals surface area contributed by atoms with Crippen molar-refractivity contribution in [2.24, 2.45) is 16.8 Å². The van der Waals surface area contributed by atoms with E-state index in [4.69, 9.17) is 0 Å². The van der Waals surface area contributed by atoms with Gasteiger partial charge in [-0.25, -0.2) is 4.39 Å². The minimum Gasteiger partial charge on any atom is -0.356 e. The van der Waals surface area contributed by atoms with Crippen LogP contribution in [0.25, 0.3) is 0 Å². The van der Waals surface area contributed by atoms with Gasteiger partial charge in [-0.15, -0.1) is 0 Å². The molecule has 1 saturated heterocycles. The molecule has 1 aromatic carbocycles. The molecule has 1 saturated carbocycles. The van der Waals surface area contributed by atoms with Crippen LogP contribution in [0.15, 0.2) is 29.3 Å². The summed E-state index contributed by atoms with van der Waals surface area (Å²) in [5, 5.41) is 3.41. The molecule has 0 spiro atoms. The number of rotatable bonds is 3. The van der Waals surface area contributed by atoms with Gasteiger partial charge in [-0.3, -0.25) is 4.99 Å². The van der Waals surface area contributed by atoms with Crippen molar-refractivity contribution in [1.29, 1.82) is 0 Å². The van der Waals surface area contributed by atoms with Gasteiger partial charge >= 0.3 is 0 Å². The lowest BCUT2D eigenvalue weighted by Crippen LogP contribution is -2.41. The van der Waals surface area contributed by atoms with Crippen molar-refractivity contribution in [3.8, 4) is 0 Å². The van der Waals surface area contributed by atoms with Crippen molar-refractivity contribution in [1.82, 2.24) is 10.2 Å². The van der Waals surface area contributed by atoms with Crippen LogP contribution < -0.4 is 5.32 Å². The van der Waals surface area contributed by atoms with Crippen LogP contribution in [0.5, 0.6) is 0 Å². The quantitative estimate of drug-likeness (QED) is 0.686. The number of likely N-dealkylation sites (tertiary alicyclic amines) is 1. The Morgan fingerprint density at radius 3 is 2.55 bits per heavy atom. The summed E-state index contributed by atoms with van der Waals surface area (Å²) in [5.74, 6) is 2.55. The molecule has 2 atom stereocenters. The van der Waals surface area contributed by atoms with Gasteiger partial charge in [0.1, 0.15) is 5.82 Å². The summed E-state index contributed by atoms with van der Waals surface area (Å²) in [5.41, 5.74) is 0.764. The topological polar surface area (TPSA) is 27.6 Å². The number of guanidine groups is 1.